The Hall–Kier alpha value is -0.130. The first kappa shape index (κ1) is 5.02. The van der Waals surface area contributed by atoms with Gasteiger partial charge in [0, 0.05) is 6.54 Å². The van der Waals surface area contributed by atoms with Crippen molar-refractivity contribution in [3.63, 3.8) is 0 Å². The maximum atomic E-state index is 9.89. The lowest BCUT2D eigenvalue weighted by Gasteiger charge is -1.82. The van der Waals surface area contributed by atoms with Crippen LogP contribution in [0.3, 0.4) is 0 Å². The van der Waals surface area contributed by atoms with E-state index in [1.165, 1.54) is 0 Å². The quantitative estimate of drug-likeness (QED) is 0.339. The smallest absolute Gasteiger partial charge is 0.282 e. The molecule has 0 aromatic rings. The van der Waals surface area contributed by atoms with Crippen LogP contribution in [0.5, 0.6) is 0 Å². The van der Waals surface area contributed by atoms with E-state index in [1.807, 2.05) is 0 Å². The predicted molar refractivity (Wildman–Crippen MR) is 23.3 cm³/mol. The van der Waals surface area contributed by atoms with Gasteiger partial charge >= 0.3 is 0 Å². The molecule has 4 nitrogen and oxygen atoms in total. The van der Waals surface area contributed by atoms with Crippen LogP contribution in [-0.4, -0.2) is 24.9 Å². The number of hydrogen-bond acceptors (Lipinski definition) is 3. The zero-order valence-corrected chi connectivity index (χ0v) is 4.27. The Morgan fingerprint density at radius 1 is 1.71 bits per heavy atom. The molecule has 1 unspecified atom stereocenters. The van der Waals surface area contributed by atoms with Gasteiger partial charge in [-0.25, -0.2) is 0 Å². The topological polar surface area (TPSA) is 76.3 Å². The highest BCUT2D eigenvalue weighted by Gasteiger charge is 2.32. The van der Waals surface area contributed by atoms with E-state index in [-0.39, 0.29) is 0 Å². The first-order valence-corrected chi connectivity index (χ1v) is 3.31. The van der Waals surface area contributed by atoms with Gasteiger partial charge in [-0.3, -0.25) is 9.87 Å². The maximum Gasteiger partial charge on any atom is 0.282 e. The molecule has 1 aliphatic rings. The van der Waals surface area contributed by atoms with Gasteiger partial charge in [-0.1, -0.05) is 0 Å². The highest BCUT2D eigenvalue weighted by atomic mass is 32.2. The molecule has 1 heterocycles. The van der Waals surface area contributed by atoms with Crippen LogP contribution < -0.4 is 5.32 Å². The summed E-state index contributed by atoms with van der Waals surface area (Å²) in [6.07, 6.45) is 0. The van der Waals surface area contributed by atoms with Crippen molar-refractivity contribution in [3.05, 3.63) is 0 Å². The molecule has 5 heteroatoms. The lowest BCUT2D eigenvalue weighted by atomic mass is 11.0. The van der Waals surface area contributed by atoms with E-state index in [4.69, 9.17) is 4.55 Å². The summed E-state index contributed by atoms with van der Waals surface area (Å²) in [5, 5.41) is 1.76. The monoisotopic (exact) mass is 123 g/mol. The van der Waals surface area contributed by atoms with Gasteiger partial charge in [-0.15, -0.1) is 0 Å². The van der Waals surface area contributed by atoms with E-state index in [9.17, 15) is 8.42 Å². The Kier molecular flexibility index (Phi) is 0.844. The fraction of sp³-hybridized carbons (Fsp3) is 1.00. The molecule has 42 valence electrons. The summed E-state index contributed by atoms with van der Waals surface area (Å²) >= 11 is 0. The first-order valence-electron chi connectivity index (χ1n) is 1.80. The predicted octanol–water partition coefficient (Wildman–Crippen LogP) is -1.20. The van der Waals surface area contributed by atoms with Crippen molar-refractivity contribution in [2.24, 2.45) is 0 Å². The molecule has 1 rings (SSSR count). The van der Waals surface area contributed by atoms with Crippen LogP contribution >= 0.6 is 0 Å². The normalized spacial score (nSPS) is 30.1. The molecular formula is C2H5NO3S. The second kappa shape index (κ2) is 1.18. The second-order valence-electron chi connectivity index (χ2n) is 1.41. The fourth-order valence-corrected chi connectivity index (χ4v) is 0.776. The van der Waals surface area contributed by atoms with E-state index in [0.717, 1.165) is 0 Å². The zero-order chi connectivity index (χ0) is 5.49. The maximum absolute atomic E-state index is 9.89. The molecule has 0 bridgehead atoms. The number of hydrogen-bond donors (Lipinski definition) is 2. The molecule has 1 atom stereocenters. The summed E-state index contributed by atoms with van der Waals surface area (Å²) < 4.78 is 27.8. The minimum Gasteiger partial charge on any atom is -0.295 e. The van der Waals surface area contributed by atoms with Gasteiger partial charge in [-0.05, 0) is 0 Å². The van der Waals surface area contributed by atoms with Crippen molar-refractivity contribution in [3.8, 4) is 0 Å². The summed E-state index contributed by atoms with van der Waals surface area (Å²) in [5.74, 6) is 0. The van der Waals surface area contributed by atoms with Gasteiger partial charge in [0.1, 0.15) is 5.37 Å². The Labute approximate surface area is 41.3 Å². The molecule has 1 aliphatic heterocycles. The Morgan fingerprint density at radius 2 is 2.14 bits per heavy atom. The molecule has 0 amide bonds. The van der Waals surface area contributed by atoms with Crippen LogP contribution in [0.15, 0.2) is 0 Å². The highest BCUT2D eigenvalue weighted by Crippen LogP contribution is 2.02. The molecule has 1 fully saturated rings. The van der Waals surface area contributed by atoms with Crippen molar-refractivity contribution in [1.29, 1.82) is 0 Å². The van der Waals surface area contributed by atoms with Crippen LogP contribution in [0.4, 0.5) is 0 Å². The van der Waals surface area contributed by atoms with Gasteiger partial charge < -0.3 is 0 Å². The molecule has 2 N–H and O–H groups in total. The largest absolute Gasteiger partial charge is 0.295 e. The van der Waals surface area contributed by atoms with Crippen molar-refractivity contribution in [2.75, 3.05) is 6.54 Å². The van der Waals surface area contributed by atoms with E-state index < -0.39 is 15.5 Å². The molecule has 0 aromatic heterocycles. The average molecular weight is 123 g/mol. The van der Waals surface area contributed by atoms with Crippen molar-refractivity contribution >= 4 is 10.1 Å². The van der Waals surface area contributed by atoms with Crippen molar-refractivity contribution in [2.45, 2.75) is 5.37 Å². The van der Waals surface area contributed by atoms with Gasteiger partial charge in [0.25, 0.3) is 10.1 Å². The van der Waals surface area contributed by atoms with Gasteiger partial charge in [0.2, 0.25) is 0 Å². The van der Waals surface area contributed by atoms with Crippen LogP contribution in [-0.2, 0) is 10.1 Å². The third-order valence-corrected chi connectivity index (χ3v) is 1.78. The molecule has 0 spiro atoms. The summed E-state index contributed by atoms with van der Waals surface area (Å²) in [4.78, 5) is 0. The second-order valence-corrected chi connectivity index (χ2v) is 3.01. The summed E-state index contributed by atoms with van der Waals surface area (Å²) in [5.41, 5.74) is 0. The fourth-order valence-electron chi connectivity index (χ4n) is 0.259. The summed E-state index contributed by atoms with van der Waals surface area (Å²) in [6.45, 7) is 0.388. The zero-order valence-electron chi connectivity index (χ0n) is 3.46. The van der Waals surface area contributed by atoms with Gasteiger partial charge in [-0.2, -0.15) is 8.42 Å². The van der Waals surface area contributed by atoms with Crippen molar-refractivity contribution < 1.29 is 13.0 Å². The number of nitrogens with one attached hydrogen (secondary N) is 1. The Balaban J connectivity index is 2.71. The Morgan fingerprint density at radius 3 is 2.14 bits per heavy atom. The molecular weight excluding hydrogens is 118 g/mol. The van der Waals surface area contributed by atoms with E-state index >= 15 is 0 Å². The molecule has 0 aliphatic carbocycles. The molecule has 0 radical (unpaired) electrons. The van der Waals surface area contributed by atoms with Gasteiger partial charge in [0.05, 0.1) is 0 Å². The van der Waals surface area contributed by atoms with E-state index in [0.29, 0.717) is 6.54 Å². The van der Waals surface area contributed by atoms with Crippen LogP contribution in [0.25, 0.3) is 0 Å². The summed E-state index contributed by atoms with van der Waals surface area (Å²) in [6, 6.07) is 0. The molecule has 7 heavy (non-hydrogen) atoms. The highest BCUT2D eigenvalue weighted by molar-refractivity contribution is 7.86. The first-order chi connectivity index (χ1) is 3.11. The lowest BCUT2D eigenvalue weighted by molar-refractivity contribution is 0.481. The van der Waals surface area contributed by atoms with Crippen molar-refractivity contribution in [1.82, 2.24) is 5.32 Å². The third kappa shape index (κ3) is 1.12. The number of rotatable bonds is 1. The standard InChI is InChI=1S/C2H5NO3S/c4-7(5,6)2-1-3-2/h2-3H,1H2,(H,4,5,6). The molecule has 0 saturated carbocycles. The van der Waals surface area contributed by atoms with Gasteiger partial charge in [0.15, 0.2) is 0 Å². The summed E-state index contributed by atoms with van der Waals surface area (Å²) in [7, 11) is -3.74. The van der Waals surface area contributed by atoms with Crippen LogP contribution in [0.1, 0.15) is 0 Å². The third-order valence-electron chi connectivity index (χ3n) is 0.730. The molecule has 0 aromatic carbocycles. The minimum absolute atomic E-state index is 0.388. The van der Waals surface area contributed by atoms with Crippen LogP contribution in [0, 0.1) is 0 Å². The minimum atomic E-state index is -3.74. The SMILES string of the molecule is O=S(=O)(O)C1CN1. The van der Waals surface area contributed by atoms with E-state index in [1.54, 1.807) is 0 Å². The Bertz CT molecular complexity index is 156. The van der Waals surface area contributed by atoms with E-state index in [2.05, 4.69) is 5.32 Å². The molecule has 1 saturated heterocycles. The average Bonchev–Trinajstić information content (AvgIpc) is 1.99. The van der Waals surface area contributed by atoms with Crippen LogP contribution in [0.2, 0.25) is 0 Å². The lowest BCUT2D eigenvalue weighted by Crippen LogP contribution is -2.07.